The zero-order valence-electron chi connectivity index (χ0n) is 19.7. The maximum atomic E-state index is 13.7. The van der Waals surface area contributed by atoms with Crippen molar-refractivity contribution in [2.45, 2.75) is 37.3 Å². The van der Waals surface area contributed by atoms with Gasteiger partial charge in [-0.05, 0) is 62.2 Å². The Morgan fingerprint density at radius 1 is 1.20 bits per heavy atom. The zero-order valence-corrected chi connectivity index (χ0v) is 20.5. The van der Waals surface area contributed by atoms with Crippen LogP contribution in [0.25, 0.3) is 10.9 Å². The number of nitrogens with one attached hydrogen (secondary N) is 1. The summed E-state index contributed by atoms with van der Waals surface area (Å²) in [4.78, 5) is 27.8. The maximum Gasteiger partial charge on any atom is 0.338 e. The van der Waals surface area contributed by atoms with E-state index in [1.165, 1.54) is 28.6 Å². The van der Waals surface area contributed by atoms with Crippen LogP contribution in [-0.4, -0.2) is 56.6 Å². The first-order valence-corrected chi connectivity index (χ1v) is 12.8. The molecule has 1 fully saturated rings. The second kappa shape index (κ2) is 10.6. The minimum absolute atomic E-state index is 0.0556. The molecule has 2 aromatic carbocycles. The molecule has 10 heteroatoms. The molecule has 1 atom stereocenters. The standard InChI is InChI=1S/C25H28N2O7S/c1-3-33-25(29)17-6-4-8-22(14-17)35(30,31)27(16-21-7-5-11-34-21)15-19-12-18-13-20(32-2)9-10-23(18)26-24(19)28/h4,6,8-10,12-14,21H,3,5,7,11,15-16H2,1-2H3,(H,26,28). The molecule has 1 unspecified atom stereocenters. The molecule has 1 saturated heterocycles. The van der Waals surface area contributed by atoms with Crippen LogP contribution in [0.1, 0.15) is 35.7 Å². The highest BCUT2D eigenvalue weighted by atomic mass is 32.2. The Hall–Kier alpha value is -3.21. The molecule has 0 saturated carbocycles. The number of H-pyrrole nitrogens is 1. The summed E-state index contributed by atoms with van der Waals surface area (Å²) in [7, 11) is -2.52. The molecule has 0 spiro atoms. The van der Waals surface area contributed by atoms with E-state index in [1.54, 1.807) is 38.3 Å². The SMILES string of the molecule is CCOC(=O)c1cccc(S(=O)(=O)N(Cc2cc3cc(OC)ccc3[nH]c2=O)CC2CCCO2)c1. The van der Waals surface area contributed by atoms with Gasteiger partial charge >= 0.3 is 5.97 Å². The highest BCUT2D eigenvalue weighted by molar-refractivity contribution is 7.89. The number of hydrogen-bond acceptors (Lipinski definition) is 7. The van der Waals surface area contributed by atoms with Crippen LogP contribution in [0.3, 0.4) is 0 Å². The molecule has 4 rings (SSSR count). The molecule has 0 radical (unpaired) electrons. The number of carbonyl (C=O) groups is 1. The number of pyridine rings is 1. The van der Waals surface area contributed by atoms with Gasteiger partial charge in [0.1, 0.15) is 5.75 Å². The van der Waals surface area contributed by atoms with Gasteiger partial charge in [-0.3, -0.25) is 4.79 Å². The van der Waals surface area contributed by atoms with Crippen molar-refractivity contribution >= 4 is 26.9 Å². The van der Waals surface area contributed by atoms with E-state index in [9.17, 15) is 18.0 Å². The summed E-state index contributed by atoms with van der Waals surface area (Å²) in [5, 5.41) is 0.720. The lowest BCUT2D eigenvalue weighted by Crippen LogP contribution is -2.38. The Balaban J connectivity index is 1.72. The van der Waals surface area contributed by atoms with Crippen LogP contribution in [0.15, 0.2) is 58.2 Å². The van der Waals surface area contributed by atoms with E-state index in [0.717, 1.165) is 18.2 Å². The number of ether oxygens (including phenoxy) is 3. The third kappa shape index (κ3) is 5.55. The maximum absolute atomic E-state index is 13.7. The number of rotatable bonds is 9. The van der Waals surface area contributed by atoms with E-state index in [4.69, 9.17) is 14.2 Å². The van der Waals surface area contributed by atoms with Crippen molar-refractivity contribution in [3.8, 4) is 5.75 Å². The molecule has 186 valence electrons. The molecule has 2 heterocycles. The first-order chi connectivity index (χ1) is 16.8. The van der Waals surface area contributed by atoms with Crippen LogP contribution in [0.4, 0.5) is 0 Å². The van der Waals surface area contributed by atoms with Crippen LogP contribution >= 0.6 is 0 Å². The lowest BCUT2D eigenvalue weighted by Gasteiger charge is -2.25. The van der Waals surface area contributed by atoms with Gasteiger partial charge in [-0.25, -0.2) is 13.2 Å². The van der Waals surface area contributed by atoms with E-state index in [0.29, 0.717) is 17.9 Å². The van der Waals surface area contributed by atoms with Crippen LogP contribution < -0.4 is 10.3 Å². The van der Waals surface area contributed by atoms with Gasteiger partial charge < -0.3 is 19.2 Å². The van der Waals surface area contributed by atoms with Gasteiger partial charge in [-0.15, -0.1) is 0 Å². The van der Waals surface area contributed by atoms with Crippen molar-refractivity contribution in [1.29, 1.82) is 0 Å². The Labute approximate surface area is 203 Å². The van der Waals surface area contributed by atoms with Gasteiger partial charge in [-0.2, -0.15) is 4.31 Å². The first-order valence-electron chi connectivity index (χ1n) is 11.4. The summed E-state index contributed by atoms with van der Waals surface area (Å²) in [5.74, 6) is 0.0188. The fourth-order valence-corrected chi connectivity index (χ4v) is 5.57. The molecular formula is C25H28N2O7S. The topological polar surface area (TPSA) is 115 Å². The number of aromatic amines is 1. The predicted octanol–water partition coefficient (Wildman–Crippen LogP) is 3.08. The fourth-order valence-electron chi connectivity index (χ4n) is 4.07. The molecule has 9 nitrogen and oxygen atoms in total. The van der Waals surface area contributed by atoms with Gasteiger partial charge in [-0.1, -0.05) is 6.07 Å². The monoisotopic (exact) mass is 500 g/mol. The predicted molar refractivity (Wildman–Crippen MR) is 130 cm³/mol. The molecule has 1 aliphatic rings. The lowest BCUT2D eigenvalue weighted by atomic mass is 10.1. The summed E-state index contributed by atoms with van der Waals surface area (Å²) in [5.41, 5.74) is 0.667. The molecular weight excluding hydrogens is 472 g/mol. The fraction of sp³-hybridized carbons (Fsp3) is 0.360. The third-order valence-corrected chi connectivity index (χ3v) is 7.70. The molecule has 35 heavy (non-hydrogen) atoms. The van der Waals surface area contributed by atoms with Crippen molar-refractivity contribution in [3.05, 3.63) is 70.0 Å². The van der Waals surface area contributed by atoms with Crippen LogP contribution in [0.2, 0.25) is 0 Å². The van der Waals surface area contributed by atoms with Gasteiger partial charge in [0.15, 0.2) is 0 Å². The normalized spacial score (nSPS) is 16.0. The third-order valence-electron chi connectivity index (χ3n) is 5.89. The van der Waals surface area contributed by atoms with Gasteiger partial charge in [0.25, 0.3) is 5.56 Å². The lowest BCUT2D eigenvalue weighted by molar-refractivity contribution is 0.0526. The number of nitrogens with zero attached hydrogens (tertiary/aromatic N) is 1. The largest absolute Gasteiger partial charge is 0.497 e. The van der Waals surface area contributed by atoms with E-state index in [-0.39, 0.29) is 47.4 Å². The zero-order chi connectivity index (χ0) is 25.0. The minimum Gasteiger partial charge on any atom is -0.497 e. The van der Waals surface area contributed by atoms with E-state index < -0.39 is 16.0 Å². The number of carbonyl (C=O) groups excluding carboxylic acids is 1. The Morgan fingerprint density at radius 2 is 2.03 bits per heavy atom. The second-order valence-corrected chi connectivity index (χ2v) is 10.2. The van der Waals surface area contributed by atoms with Crippen molar-refractivity contribution in [1.82, 2.24) is 9.29 Å². The highest BCUT2D eigenvalue weighted by Gasteiger charge is 2.30. The molecule has 0 aliphatic carbocycles. The number of methoxy groups -OCH3 is 1. The van der Waals surface area contributed by atoms with E-state index in [2.05, 4.69) is 4.98 Å². The quantitative estimate of drug-likeness (QED) is 0.449. The Morgan fingerprint density at radius 3 is 2.74 bits per heavy atom. The highest BCUT2D eigenvalue weighted by Crippen LogP contribution is 2.24. The van der Waals surface area contributed by atoms with Crippen molar-refractivity contribution < 1.29 is 27.4 Å². The molecule has 1 N–H and O–H groups in total. The summed E-state index contributed by atoms with van der Waals surface area (Å²) in [6.07, 6.45) is 1.28. The van der Waals surface area contributed by atoms with Crippen molar-refractivity contribution in [2.75, 3.05) is 26.9 Å². The van der Waals surface area contributed by atoms with E-state index in [1.807, 2.05) is 0 Å². The van der Waals surface area contributed by atoms with Gasteiger partial charge in [0, 0.05) is 36.2 Å². The number of aromatic nitrogens is 1. The van der Waals surface area contributed by atoms with Crippen molar-refractivity contribution in [3.63, 3.8) is 0 Å². The molecule has 0 amide bonds. The second-order valence-electron chi connectivity index (χ2n) is 8.26. The average molecular weight is 501 g/mol. The number of benzene rings is 2. The molecule has 1 aliphatic heterocycles. The van der Waals surface area contributed by atoms with Crippen LogP contribution in [0.5, 0.6) is 5.75 Å². The minimum atomic E-state index is -4.07. The van der Waals surface area contributed by atoms with Gasteiger partial charge in [0.2, 0.25) is 10.0 Å². The summed E-state index contributed by atoms with van der Waals surface area (Å²) < 4.78 is 44.7. The smallest absolute Gasteiger partial charge is 0.338 e. The first kappa shape index (κ1) is 24.9. The Kier molecular flexibility index (Phi) is 7.54. The number of esters is 1. The number of sulfonamides is 1. The molecule has 3 aromatic rings. The Bertz CT molecular complexity index is 1380. The summed E-state index contributed by atoms with van der Waals surface area (Å²) >= 11 is 0. The van der Waals surface area contributed by atoms with Gasteiger partial charge in [0.05, 0.1) is 30.3 Å². The summed E-state index contributed by atoms with van der Waals surface area (Å²) in [6, 6.07) is 12.6. The molecule has 1 aromatic heterocycles. The average Bonchev–Trinajstić information content (AvgIpc) is 3.37. The van der Waals surface area contributed by atoms with Crippen molar-refractivity contribution in [2.24, 2.45) is 0 Å². The van der Waals surface area contributed by atoms with Crippen LogP contribution in [-0.2, 0) is 26.0 Å². The summed E-state index contributed by atoms with van der Waals surface area (Å²) in [6.45, 7) is 2.35. The van der Waals surface area contributed by atoms with Crippen LogP contribution in [0, 0.1) is 0 Å². The number of hydrogen-bond donors (Lipinski definition) is 1. The molecule has 0 bridgehead atoms. The number of fused-ring (bicyclic) bond motifs is 1. The van der Waals surface area contributed by atoms with E-state index >= 15 is 0 Å².